The first-order valence-electron chi connectivity index (χ1n) is 9.72. The summed E-state index contributed by atoms with van der Waals surface area (Å²) in [5.74, 6) is 1.32. The Hall–Kier alpha value is -1.45. The maximum atomic E-state index is 12.9. The van der Waals surface area contributed by atoms with E-state index in [9.17, 15) is 13.2 Å². The standard InChI is InChI=1S/C18H30N4O4S/c1-13(16-5-4-6-19-12-16)11-17(23)21-7-9-22(10-8-21)27(24,25)18-14(2)20-26-15(18)3/h13,16,19H,4-12H2,1-3H3. The second-order valence-electron chi connectivity index (χ2n) is 7.73. The number of aromatic nitrogens is 1. The molecule has 0 aliphatic carbocycles. The minimum Gasteiger partial charge on any atom is -0.360 e. The lowest BCUT2D eigenvalue weighted by atomic mass is 9.85. The zero-order chi connectivity index (χ0) is 19.6. The average molecular weight is 399 g/mol. The van der Waals surface area contributed by atoms with Crippen LogP contribution in [-0.4, -0.2) is 68.0 Å². The van der Waals surface area contributed by atoms with Crippen LogP contribution in [0.4, 0.5) is 0 Å². The number of carbonyl (C=O) groups is 1. The van der Waals surface area contributed by atoms with Crippen LogP contribution < -0.4 is 5.32 Å². The third-order valence-electron chi connectivity index (χ3n) is 5.79. The molecular weight excluding hydrogens is 368 g/mol. The number of nitrogens with one attached hydrogen (secondary N) is 1. The monoisotopic (exact) mass is 398 g/mol. The van der Waals surface area contributed by atoms with Crippen molar-refractivity contribution >= 4 is 15.9 Å². The Bertz CT molecular complexity index is 743. The van der Waals surface area contributed by atoms with Gasteiger partial charge in [0.05, 0.1) is 0 Å². The summed E-state index contributed by atoms with van der Waals surface area (Å²) in [6.07, 6.45) is 2.87. The second kappa shape index (κ2) is 8.28. The van der Waals surface area contributed by atoms with Crippen LogP contribution in [0.5, 0.6) is 0 Å². The fourth-order valence-corrected chi connectivity index (χ4v) is 5.80. The third kappa shape index (κ3) is 4.35. The van der Waals surface area contributed by atoms with E-state index in [1.54, 1.807) is 18.7 Å². The maximum absolute atomic E-state index is 12.9. The number of hydrogen-bond acceptors (Lipinski definition) is 6. The highest BCUT2D eigenvalue weighted by atomic mass is 32.2. The van der Waals surface area contributed by atoms with Gasteiger partial charge in [-0.3, -0.25) is 4.79 Å². The molecule has 0 saturated carbocycles. The van der Waals surface area contributed by atoms with Gasteiger partial charge in [0.25, 0.3) is 0 Å². The van der Waals surface area contributed by atoms with Crippen molar-refractivity contribution < 1.29 is 17.7 Å². The highest BCUT2D eigenvalue weighted by molar-refractivity contribution is 7.89. The molecule has 8 nitrogen and oxygen atoms in total. The molecule has 0 aromatic carbocycles. The summed E-state index contributed by atoms with van der Waals surface area (Å²) in [7, 11) is -3.64. The highest BCUT2D eigenvalue weighted by Crippen LogP contribution is 2.26. The van der Waals surface area contributed by atoms with Crippen LogP contribution in [0.2, 0.25) is 0 Å². The zero-order valence-corrected chi connectivity index (χ0v) is 17.2. The van der Waals surface area contributed by atoms with Crippen LogP contribution in [0, 0.1) is 25.7 Å². The molecular formula is C18H30N4O4S. The first kappa shape index (κ1) is 20.3. The summed E-state index contributed by atoms with van der Waals surface area (Å²) in [6, 6.07) is 0. The molecule has 152 valence electrons. The topological polar surface area (TPSA) is 95.8 Å². The summed E-state index contributed by atoms with van der Waals surface area (Å²) in [4.78, 5) is 14.6. The normalized spacial score (nSPS) is 23.4. The van der Waals surface area contributed by atoms with Crippen molar-refractivity contribution in [3.05, 3.63) is 11.5 Å². The number of hydrogen-bond donors (Lipinski definition) is 1. The fraction of sp³-hybridized carbons (Fsp3) is 0.778. The van der Waals surface area contributed by atoms with Crippen LogP contribution in [0.1, 0.15) is 37.6 Å². The Morgan fingerprint density at radius 3 is 2.56 bits per heavy atom. The average Bonchev–Trinajstić information content (AvgIpc) is 3.01. The van der Waals surface area contributed by atoms with Crippen LogP contribution in [0.15, 0.2) is 9.42 Å². The lowest BCUT2D eigenvalue weighted by Gasteiger charge is -2.35. The molecule has 1 amide bonds. The molecule has 9 heteroatoms. The van der Waals surface area contributed by atoms with Crippen molar-refractivity contribution in [2.45, 2.75) is 44.9 Å². The first-order chi connectivity index (χ1) is 12.8. The van der Waals surface area contributed by atoms with Crippen molar-refractivity contribution in [1.29, 1.82) is 0 Å². The fourth-order valence-electron chi connectivity index (χ4n) is 4.09. The molecule has 2 aliphatic heterocycles. The second-order valence-corrected chi connectivity index (χ2v) is 9.60. The third-order valence-corrected chi connectivity index (χ3v) is 7.94. The van der Waals surface area contributed by atoms with Gasteiger partial charge in [0, 0.05) is 32.6 Å². The number of sulfonamides is 1. The number of piperidine rings is 1. The molecule has 2 atom stereocenters. The Morgan fingerprint density at radius 1 is 1.30 bits per heavy atom. The van der Waals surface area contributed by atoms with Gasteiger partial charge in [0.2, 0.25) is 15.9 Å². The van der Waals surface area contributed by atoms with Gasteiger partial charge in [0.1, 0.15) is 10.6 Å². The van der Waals surface area contributed by atoms with Gasteiger partial charge < -0.3 is 14.7 Å². The van der Waals surface area contributed by atoms with Gasteiger partial charge in [0.15, 0.2) is 5.76 Å². The largest absolute Gasteiger partial charge is 0.360 e. The lowest BCUT2D eigenvalue weighted by molar-refractivity contribution is -0.133. The van der Waals surface area contributed by atoms with E-state index >= 15 is 0 Å². The highest BCUT2D eigenvalue weighted by Gasteiger charge is 2.34. The summed E-state index contributed by atoms with van der Waals surface area (Å²) < 4.78 is 32.2. The Morgan fingerprint density at radius 2 is 2.00 bits per heavy atom. The number of aryl methyl sites for hydroxylation is 2. The van der Waals surface area contributed by atoms with E-state index in [0.717, 1.165) is 13.1 Å². The smallest absolute Gasteiger partial charge is 0.248 e. The van der Waals surface area contributed by atoms with E-state index < -0.39 is 10.0 Å². The summed E-state index contributed by atoms with van der Waals surface area (Å²) in [6.45, 7) is 8.90. The summed E-state index contributed by atoms with van der Waals surface area (Å²) >= 11 is 0. The molecule has 1 aromatic rings. The Labute approximate surface area is 161 Å². The zero-order valence-electron chi connectivity index (χ0n) is 16.4. The van der Waals surface area contributed by atoms with Gasteiger partial charge in [-0.2, -0.15) is 4.31 Å². The van der Waals surface area contributed by atoms with Crippen molar-refractivity contribution in [1.82, 2.24) is 19.7 Å². The van der Waals surface area contributed by atoms with E-state index in [4.69, 9.17) is 4.52 Å². The van der Waals surface area contributed by atoms with E-state index in [0.29, 0.717) is 55.9 Å². The molecule has 2 saturated heterocycles. The van der Waals surface area contributed by atoms with Crippen molar-refractivity contribution in [2.75, 3.05) is 39.3 Å². The minimum absolute atomic E-state index is 0.127. The molecule has 1 aromatic heterocycles. The number of carbonyl (C=O) groups excluding carboxylic acids is 1. The summed E-state index contributed by atoms with van der Waals surface area (Å²) in [5, 5.41) is 7.15. The molecule has 1 N–H and O–H groups in total. The predicted molar refractivity (Wildman–Crippen MR) is 101 cm³/mol. The number of piperazine rings is 1. The Kier molecular flexibility index (Phi) is 6.22. The number of nitrogens with zero attached hydrogens (tertiary/aromatic N) is 3. The van der Waals surface area contributed by atoms with Gasteiger partial charge in [-0.1, -0.05) is 12.1 Å². The van der Waals surface area contributed by atoms with Crippen LogP contribution in [0.3, 0.4) is 0 Å². The lowest BCUT2D eigenvalue weighted by Crippen LogP contribution is -2.51. The quantitative estimate of drug-likeness (QED) is 0.799. The molecule has 3 rings (SSSR count). The number of amides is 1. The molecule has 0 radical (unpaired) electrons. The van der Waals surface area contributed by atoms with E-state index in [-0.39, 0.29) is 10.8 Å². The molecule has 2 unspecified atom stereocenters. The van der Waals surface area contributed by atoms with Crippen molar-refractivity contribution in [2.24, 2.45) is 11.8 Å². The molecule has 27 heavy (non-hydrogen) atoms. The van der Waals surface area contributed by atoms with Crippen LogP contribution in [0.25, 0.3) is 0 Å². The van der Waals surface area contributed by atoms with Gasteiger partial charge >= 0.3 is 0 Å². The van der Waals surface area contributed by atoms with Crippen LogP contribution >= 0.6 is 0 Å². The van der Waals surface area contributed by atoms with Crippen molar-refractivity contribution in [3.63, 3.8) is 0 Å². The van der Waals surface area contributed by atoms with Gasteiger partial charge in [-0.25, -0.2) is 8.42 Å². The maximum Gasteiger partial charge on any atom is 0.248 e. The van der Waals surface area contributed by atoms with E-state index in [1.165, 1.54) is 17.1 Å². The minimum atomic E-state index is -3.64. The first-order valence-corrected chi connectivity index (χ1v) is 11.2. The SMILES string of the molecule is Cc1noc(C)c1S(=O)(=O)N1CCN(C(=O)CC(C)C2CCCNC2)CC1. The van der Waals surface area contributed by atoms with Gasteiger partial charge in [-0.05, 0) is 51.6 Å². The summed E-state index contributed by atoms with van der Waals surface area (Å²) in [5.41, 5.74) is 0.376. The molecule has 3 heterocycles. The number of rotatable bonds is 5. The predicted octanol–water partition coefficient (Wildman–Crippen LogP) is 1.15. The van der Waals surface area contributed by atoms with E-state index in [1.807, 2.05) is 0 Å². The molecule has 0 bridgehead atoms. The molecule has 0 spiro atoms. The van der Waals surface area contributed by atoms with Crippen LogP contribution in [-0.2, 0) is 14.8 Å². The molecule has 2 aliphatic rings. The molecule has 2 fully saturated rings. The van der Waals surface area contributed by atoms with E-state index in [2.05, 4.69) is 17.4 Å². The van der Waals surface area contributed by atoms with Crippen molar-refractivity contribution in [3.8, 4) is 0 Å². The Balaban J connectivity index is 1.56. The van der Waals surface area contributed by atoms with Gasteiger partial charge in [-0.15, -0.1) is 0 Å².